The largest absolute Gasteiger partial charge is 0.493 e. The van der Waals surface area contributed by atoms with Crippen molar-refractivity contribution in [2.24, 2.45) is 17.8 Å². The maximum atomic E-state index is 12.6. The van der Waals surface area contributed by atoms with Crippen LogP contribution in [0.3, 0.4) is 0 Å². The zero-order valence-corrected chi connectivity index (χ0v) is 16.7. The summed E-state index contributed by atoms with van der Waals surface area (Å²) < 4.78 is 47.0. The van der Waals surface area contributed by atoms with Gasteiger partial charge in [-0.1, -0.05) is 6.07 Å². The van der Waals surface area contributed by atoms with Gasteiger partial charge in [-0.25, -0.2) is 0 Å². The molecule has 5 rings (SSSR count). The molecule has 0 atom stereocenters. The van der Waals surface area contributed by atoms with Gasteiger partial charge in [0.05, 0.1) is 7.11 Å². The van der Waals surface area contributed by atoms with Crippen molar-refractivity contribution in [1.29, 1.82) is 0 Å². The van der Waals surface area contributed by atoms with Crippen molar-refractivity contribution in [3.63, 3.8) is 0 Å². The average Bonchev–Trinajstić information content (AvgIpc) is 2.62. The van der Waals surface area contributed by atoms with E-state index in [0.717, 1.165) is 42.6 Å². The van der Waals surface area contributed by atoms with Gasteiger partial charge in [0, 0.05) is 12.0 Å². The Balaban J connectivity index is 1.32. The molecule has 4 aliphatic rings. The number of hydrogen-bond acceptors (Lipinski definition) is 3. The fourth-order valence-electron chi connectivity index (χ4n) is 6.03. The Morgan fingerprint density at radius 1 is 1.10 bits per heavy atom. The van der Waals surface area contributed by atoms with Gasteiger partial charge in [0.2, 0.25) is 5.91 Å². The Morgan fingerprint density at radius 3 is 2.28 bits per heavy atom. The van der Waals surface area contributed by atoms with E-state index in [-0.39, 0.29) is 22.9 Å². The fraction of sp³-hybridized carbons (Fsp3) is 0.682. The number of aryl methyl sites for hydroxylation is 1. The second-order valence-electron chi connectivity index (χ2n) is 9.14. The lowest BCUT2D eigenvalue weighted by atomic mass is 9.53. The third-order valence-electron chi connectivity index (χ3n) is 6.70. The Bertz CT molecular complexity index is 727. The lowest BCUT2D eigenvalue weighted by Crippen LogP contribution is -2.59. The summed E-state index contributed by atoms with van der Waals surface area (Å²) in [6.45, 7) is -1.36. The van der Waals surface area contributed by atoms with E-state index in [1.165, 1.54) is 32.4 Å². The van der Waals surface area contributed by atoms with Crippen molar-refractivity contribution >= 4 is 5.91 Å². The highest BCUT2D eigenvalue weighted by Gasteiger charge is 2.51. The molecule has 0 spiro atoms. The zero-order chi connectivity index (χ0) is 20.6. The van der Waals surface area contributed by atoms with Crippen molar-refractivity contribution < 1.29 is 27.4 Å². The molecule has 4 saturated carbocycles. The summed E-state index contributed by atoms with van der Waals surface area (Å²) >= 11 is 0. The van der Waals surface area contributed by atoms with Gasteiger partial charge in [-0.15, -0.1) is 0 Å². The quantitative estimate of drug-likeness (QED) is 0.710. The molecule has 0 aliphatic heterocycles. The standard InChI is InChI=1S/C22H28F3NO3/c1-28-19-9-14(2-4-18(19)29-13-22(23,24)25)3-5-20(27)26-21-10-15-6-16(11-21)8-17(7-15)12-21/h2,4,9,15-17H,3,5-8,10-13H2,1H3,(H,26,27). The van der Waals surface area contributed by atoms with Crippen LogP contribution in [-0.4, -0.2) is 31.3 Å². The van der Waals surface area contributed by atoms with Gasteiger partial charge in [-0.3, -0.25) is 4.79 Å². The molecule has 0 heterocycles. The minimum Gasteiger partial charge on any atom is -0.493 e. The Labute approximate surface area is 169 Å². The summed E-state index contributed by atoms with van der Waals surface area (Å²) in [4.78, 5) is 12.6. The van der Waals surface area contributed by atoms with Gasteiger partial charge in [0.25, 0.3) is 0 Å². The monoisotopic (exact) mass is 411 g/mol. The number of benzene rings is 1. The molecule has 1 amide bonds. The number of nitrogens with one attached hydrogen (secondary N) is 1. The molecule has 4 nitrogen and oxygen atoms in total. The number of rotatable bonds is 7. The van der Waals surface area contributed by atoms with Crippen molar-refractivity contribution in [3.05, 3.63) is 23.8 Å². The van der Waals surface area contributed by atoms with E-state index in [9.17, 15) is 18.0 Å². The number of methoxy groups -OCH3 is 1. The first-order valence-corrected chi connectivity index (χ1v) is 10.4. The highest BCUT2D eigenvalue weighted by atomic mass is 19.4. The molecule has 7 heteroatoms. The molecule has 4 fully saturated rings. The van der Waals surface area contributed by atoms with Crippen molar-refractivity contribution in [2.75, 3.05) is 13.7 Å². The molecule has 0 radical (unpaired) electrons. The average molecular weight is 411 g/mol. The first-order valence-electron chi connectivity index (χ1n) is 10.4. The SMILES string of the molecule is COc1cc(CCC(=O)NC23CC4CC(CC(C4)C2)C3)ccc1OCC(F)(F)F. The third kappa shape index (κ3) is 4.81. The van der Waals surface area contributed by atoms with Crippen molar-refractivity contribution in [1.82, 2.24) is 5.32 Å². The summed E-state index contributed by atoms with van der Waals surface area (Å²) in [6.07, 6.45) is 3.80. The molecule has 1 N–H and O–H groups in total. The van der Waals surface area contributed by atoms with Crippen LogP contribution in [0, 0.1) is 17.8 Å². The predicted molar refractivity (Wildman–Crippen MR) is 102 cm³/mol. The van der Waals surface area contributed by atoms with E-state index in [4.69, 9.17) is 9.47 Å². The molecular formula is C22H28F3NO3. The molecule has 0 saturated heterocycles. The van der Waals surface area contributed by atoms with Gasteiger partial charge in [-0.2, -0.15) is 13.2 Å². The number of amides is 1. The topological polar surface area (TPSA) is 47.6 Å². The van der Waals surface area contributed by atoms with Crippen LogP contribution in [0.15, 0.2) is 18.2 Å². The van der Waals surface area contributed by atoms with Crippen LogP contribution >= 0.6 is 0 Å². The Morgan fingerprint density at radius 2 is 1.72 bits per heavy atom. The van der Waals surface area contributed by atoms with Gasteiger partial charge >= 0.3 is 6.18 Å². The van der Waals surface area contributed by atoms with Gasteiger partial charge in [0.15, 0.2) is 18.1 Å². The summed E-state index contributed by atoms with van der Waals surface area (Å²) in [5, 5.41) is 3.35. The third-order valence-corrected chi connectivity index (χ3v) is 6.70. The molecule has 0 unspecified atom stereocenters. The minimum absolute atomic E-state index is 0.00117. The summed E-state index contributed by atoms with van der Waals surface area (Å²) in [5.74, 6) is 2.67. The highest BCUT2D eigenvalue weighted by Crippen LogP contribution is 2.55. The lowest BCUT2D eigenvalue weighted by molar-refractivity contribution is -0.153. The molecule has 29 heavy (non-hydrogen) atoms. The van der Waals surface area contributed by atoms with E-state index in [2.05, 4.69) is 5.32 Å². The first kappa shape index (κ1) is 20.4. The van der Waals surface area contributed by atoms with E-state index < -0.39 is 12.8 Å². The minimum atomic E-state index is -4.40. The second kappa shape index (κ2) is 7.73. The number of halogens is 3. The van der Waals surface area contributed by atoms with Crippen LogP contribution in [0.4, 0.5) is 13.2 Å². The number of hydrogen-bond donors (Lipinski definition) is 1. The molecule has 0 aromatic heterocycles. The smallest absolute Gasteiger partial charge is 0.422 e. The van der Waals surface area contributed by atoms with Crippen molar-refractivity contribution in [3.8, 4) is 11.5 Å². The molecule has 1 aromatic carbocycles. The lowest BCUT2D eigenvalue weighted by Gasteiger charge is -2.56. The van der Waals surface area contributed by atoms with Crippen LogP contribution in [0.1, 0.15) is 50.5 Å². The maximum absolute atomic E-state index is 12.6. The normalized spacial score (nSPS) is 30.3. The van der Waals surface area contributed by atoms with Crippen LogP contribution in [-0.2, 0) is 11.2 Å². The second-order valence-corrected chi connectivity index (χ2v) is 9.14. The summed E-state index contributed by atoms with van der Waals surface area (Å²) in [7, 11) is 1.39. The van der Waals surface area contributed by atoms with Crippen LogP contribution < -0.4 is 14.8 Å². The van der Waals surface area contributed by atoms with Gasteiger partial charge in [0.1, 0.15) is 0 Å². The number of ether oxygens (including phenoxy) is 2. The first-order chi connectivity index (χ1) is 13.7. The van der Waals surface area contributed by atoms with E-state index >= 15 is 0 Å². The maximum Gasteiger partial charge on any atom is 0.422 e. The predicted octanol–water partition coefficient (Wildman–Crippen LogP) is 4.65. The van der Waals surface area contributed by atoms with E-state index in [0.29, 0.717) is 12.8 Å². The van der Waals surface area contributed by atoms with Crippen LogP contribution in [0.2, 0.25) is 0 Å². The Kier molecular flexibility index (Phi) is 5.42. The van der Waals surface area contributed by atoms with E-state index in [1.54, 1.807) is 12.1 Å². The number of alkyl halides is 3. The molecular weight excluding hydrogens is 383 g/mol. The molecule has 1 aromatic rings. The van der Waals surface area contributed by atoms with Crippen LogP contribution in [0.5, 0.6) is 11.5 Å². The number of carbonyl (C=O) groups is 1. The van der Waals surface area contributed by atoms with Crippen molar-refractivity contribution in [2.45, 2.75) is 63.1 Å². The van der Waals surface area contributed by atoms with Gasteiger partial charge in [-0.05, 0) is 80.4 Å². The van der Waals surface area contributed by atoms with Crippen LogP contribution in [0.25, 0.3) is 0 Å². The fourth-order valence-corrected chi connectivity index (χ4v) is 6.03. The highest BCUT2D eigenvalue weighted by molar-refractivity contribution is 5.77. The molecule has 4 aliphatic carbocycles. The summed E-state index contributed by atoms with van der Waals surface area (Å²) in [6, 6.07) is 4.80. The van der Waals surface area contributed by atoms with E-state index in [1.807, 2.05) is 0 Å². The molecule has 160 valence electrons. The zero-order valence-electron chi connectivity index (χ0n) is 16.7. The molecule has 4 bridgehead atoms. The number of carbonyl (C=O) groups excluding carboxylic acids is 1. The Hall–Kier alpha value is -1.92. The summed E-state index contributed by atoms with van der Waals surface area (Å²) in [5.41, 5.74) is 0.834. The van der Waals surface area contributed by atoms with Gasteiger partial charge < -0.3 is 14.8 Å².